The highest BCUT2D eigenvalue weighted by Crippen LogP contribution is 2.38. The molecule has 1 heterocycles. The van der Waals surface area contributed by atoms with Crippen LogP contribution in [0.15, 0.2) is 16.3 Å². The maximum absolute atomic E-state index is 12.4. The number of rotatable bonds is 6. The number of thiophene rings is 1. The first-order chi connectivity index (χ1) is 9.53. The SMILES string of the molecule is CSC1(CNS(=O)(=O)c2ccsc2CN)CCCCC1. The summed E-state index contributed by atoms with van der Waals surface area (Å²) < 4.78 is 27.7. The summed E-state index contributed by atoms with van der Waals surface area (Å²) in [6.07, 6.45) is 7.89. The van der Waals surface area contributed by atoms with E-state index < -0.39 is 10.0 Å². The largest absolute Gasteiger partial charge is 0.326 e. The van der Waals surface area contributed by atoms with E-state index in [1.807, 2.05) is 0 Å². The molecule has 0 saturated heterocycles. The van der Waals surface area contributed by atoms with Crippen molar-refractivity contribution >= 4 is 33.1 Å². The van der Waals surface area contributed by atoms with Gasteiger partial charge in [-0.2, -0.15) is 11.8 Å². The van der Waals surface area contributed by atoms with E-state index in [0.29, 0.717) is 11.4 Å². The molecule has 3 N–H and O–H groups in total. The molecule has 1 aromatic rings. The molecular weight excluding hydrogens is 312 g/mol. The van der Waals surface area contributed by atoms with E-state index in [0.717, 1.165) is 17.7 Å². The van der Waals surface area contributed by atoms with Crippen LogP contribution in [0.25, 0.3) is 0 Å². The van der Waals surface area contributed by atoms with Gasteiger partial charge in [0, 0.05) is 22.7 Å². The first-order valence-corrected chi connectivity index (χ1v) is 10.4. The van der Waals surface area contributed by atoms with Crippen LogP contribution in [0, 0.1) is 0 Å². The standard InChI is InChI=1S/C13H22N2O2S3/c1-18-13(6-3-2-4-7-13)10-15-20(16,17)12-5-8-19-11(12)9-14/h5,8,15H,2-4,6-7,9-10,14H2,1H3. The molecule has 0 bridgehead atoms. The first kappa shape index (κ1) is 16.3. The van der Waals surface area contributed by atoms with E-state index in [-0.39, 0.29) is 11.3 Å². The fraction of sp³-hybridized carbons (Fsp3) is 0.692. The highest BCUT2D eigenvalue weighted by molar-refractivity contribution is 8.00. The molecule has 1 aliphatic rings. The lowest BCUT2D eigenvalue weighted by atomic mass is 9.88. The Labute approximate surface area is 129 Å². The number of sulfonamides is 1. The number of thioether (sulfide) groups is 1. The summed E-state index contributed by atoms with van der Waals surface area (Å²) >= 11 is 3.19. The Balaban J connectivity index is 2.09. The zero-order valence-electron chi connectivity index (χ0n) is 11.7. The van der Waals surface area contributed by atoms with Crippen molar-refractivity contribution in [3.05, 3.63) is 16.3 Å². The molecule has 0 unspecified atom stereocenters. The average Bonchev–Trinajstić information content (AvgIpc) is 2.96. The predicted molar refractivity (Wildman–Crippen MR) is 86.7 cm³/mol. The Morgan fingerprint density at radius 1 is 1.40 bits per heavy atom. The third kappa shape index (κ3) is 3.57. The normalized spacial score (nSPS) is 19.1. The van der Waals surface area contributed by atoms with E-state index >= 15 is 0 Å². The van der Waals surface area contributed by atoms with Crippen LogP contribution in [-0.2, 0) is 16.6 Å². The molecule has 4 nitrogen and oxygen atoms in total. The summed E-state index contributed by atoms with van der Waals surface area (Å²) in [6, 6.07) is 1.64. The van der Waals surface area contributed by atoms with E-state index in [4.69, 9.17) is 5.73 Å². The maximum Gasteiger partial charge on any atom is 0.241 e. The van der Waals surface area contributed by atoms with E-state index in [2.05, 4.69) is 11.0 Å². The number of nitrogens with one attached hydrogen (secondary N) is 1. The molecule has 0 radical (unpaired) electrons. The minimum absolute atomic E-state index is 0.0597. The second-order valence-electron chi connectivity index (χ2n) is 5.18. The molecule has 0 spiro atoms. The van der Waals surface area contributed by atoms with Crippen molar-refractivity contribution in [2.24, 2.45) is 5.73 Å². The Morgan fingerprint density at radius 3 is 2.70 bits per heavy atom. The van der Waals surface area contributed by atoms with Crippen LogP contribution in [-0.4, -0.2) is 26.0 Å². The van der Waals surface area contributed by atoms with Crippen molar-refractivity contribution < 1.29 is 8.42 Å². The lowest BCUT2D eigenvalue weighted by Gasteiger charge is -2.35. The number of hydrogen-bond donors (Lipinski definition) is 2. The van der Waals surface area contributed by atoms with E-state index in [1.165, 1.54) is 30.6 Å². The quantitative estimate of drug-likeness (QED) is 0.838. The summed E-state index contributed by atoms with van der Waals surface area (Å²) in [5.41, 5.74) is 5.60. The molecule has 1 fully saturated rings. The van der Waals surface area contributed by atoms with Gasteiger partial charge in [0.1, 0.15) is 0 Å². The van der Waals surface area contributed by atoms with Gasteiger partial charge in [-0.15, -0.1) is 11.3 Å². The molecule has 0 amide bonds. The van der Waals surface area contributed by atoms with Gasteiger partial charge in [0.2, 0.25) is 10.0 Å². The van der Waals surface area contributed by atoms with E-state index in [1.54, 1.807) is 23.2 Å². The summed E-state index contributed by atoms with van der Waals surface area (Å²) in [4.78, 5) is 1.07. The van der Waals surface area contributed by atoms with Crippen LogP contribution < -0.4 is 10.5 Å². The van der Waals surface area contributed by atoms with Gasteiger partial charge < -0.3 is 5.73 Å². The topological polar surface area (TPSA) is 72.2 Å². The monoisotopic (exact) mass is 334 g/mol. The molecule has 0 atom stereocenters. The highest BCUT2D eigenvalue weighted by Gasteiger charge is 2.33. The molecule has 0 aromatic carbocycles. The fourth-order valence-corrected chi connectivity index (χ4v) is 6.14. The second kappa shape index (κ2) is 6.79. The minimum atomic E-state index is -3.44. The molecule has 1 aromatic heterocycles. The van der Waals surface area contributed by atoms with Gasteiger partial charge in [-0.1, -0.05) is 19.3 Å². The minimum Gasteiger partial charge on any atom is -0.326 e. The lowest BCUT2D eigenvalue weighted by molar-refractivity contribution is 0.395. The summed E-state index contributed by atoms with van der Waals surface area (Å²) in [7, 11) is -3.44. The van der Waals surface area contributed by atoms with Crippen LogP contribution in [0.2, 0.25) is 0 Å². The third-order valence-corrected chi connectivity index (χ3v) is 7.94. The third-order valence-electron chi connectivity index (χ3n) is 3.96. The summed E-state index contributed by atoms with van der Waals surface area (Å²) in [6.45, 7) is 0.776. The van der Waals surface area contributed by atoms with Crippen LogP contribution in [0.4, 0.5) is 0 Å². The van der Waals surface area contributed by atoms with Gasteiger partial charge in [0.05, 0.1) is 4.90 Å². The summed E-state index contributed by atoms with van der Waals surface area (Å²) in [5, 5.41) is 1.78. The van der Waals surface area contributed by atoms with Gasteiger partial charge in [0.15, 0.2) is 0 Å². The molecule has 0 aliphatic heterocycles. The maximum atomic E-state index is 12.4. The number of hydrogen-bond acceptors (Lipinski definition) is 5. The van der Waals surface area contributed by atoms with Gasteiger partial charge in [-0.25, -0.2) is 13.1 Å². The van der Waals surface area contributed by atoms with Gasteiger partial charge in [-0.3, -0.25) is 0 Å². The summed E-state index contributed by atoms with van der Waals surface area (Å²) in [5.74, 6) is 0. The second-order valence-corrected chi connectivity index (χ2v) is 9.19. The van der Waals surface area contributed by atoms with Gasteiger partial charge in [0.25, 0.3) is 0 Å². The lowest BCUT2D eigenvalue weighted by Crippen LogP contribution is -2.41. The molecule has 20 heavy (non-hydrogen) atoms. The molecular formula is C13H22N2O2S3. The Bertz CT molecular complexity index is 534. The van der Waals surface area contributed by atoms with Crippen LogP contribution in [0.5, 0.6) is 0 Å². The Morgan fingerprint density at radius 2 is 2.10 bits per heavy atom. The Kier molecular flexibility index (Phi) is 5.53. The van der Waals surface area contributed by atoms with Crippen LogP contribution in [0.1, 0.15) is 37.0 Å². The fourth-order valence-electron chi connectivity index (χ4n) is 2.67. The first-order valence-electron chi connectivity index (χ1n) is 6.84. The predicted octanol–water partition coefficient (Wildman–Crippen LogP) is 2.55. The highest BCUT2D eigenvalue weighted by atomic mass is 32.2. The molecule has 1 aliphatic carbocycles. The molecule has 114 valence electrons. The molecule has 2 rings (SSSR count). The van der Waals surface area contributed by atoms with Gasteiger partial charge in [-0.05, 0) is 30.5 Å². The van der Waals surface area contributed by atoms with Crippen LogP contribution >= 0.6 is 23.1 Å². The van der Waals surface area contributed by atoms with Crippen LogP contribution in [0.3, 0.4) is 0 Å². The van der Waals surface area contributed by atoms with Crippen molar-refractivity contribution in [3.8, 4) is 0 Å². The number of nitrogens with two attached hydrogens (primary N) is 1. The van der Waals surface area contributed by atoms with Crippen molar-refractivity contribution in [2.75, 3.05) is 12.8 Å². The zero-order chi connectivity index (χ0) is 14.6. The zero-order valence-corrected chi connectivity index (χ0v) is 14.2. The van der Waals surface area contributed by atoms with Crippen molar-refractivity contribution in [2.45, 2.75) is 48.3 Å². The smallest absolute Gasteiger partial charge is 0.241 e. The van der Waals surface area contributed by atoms with Crippen molar-refractivity contribution in [3.63, 3.8) is 0 Å². The van der Waals surface area contributed by atoms with Gasteiger partial charge >= 0.3 is 0 Å². The molecule has 7 heteroatoms. The Hall–Kier alpha value is -0.0800. The van der Waals surface area contributed by atoms with Crippen molar-refractivity contribution in [1.82, 2.24) is 4.72 Å². The average molecular weight is 335 g/mol. The van der Waals surface area contributed by atoms with E-state index in [9.17, 15) is 8.42 Å². The van der Waals surface area contributed by atoms with Crippen molar-refractivity contribution in [1.29, 1.82) is 0 Å². The molecule has 1 saturated carbocycles.